The van der Waals surface area contributed by atoms with E-state index in [2.05, 4.69) is 58.6 Å². The van der Waals surface area contributed by atoms with Crippen LogP contribution in [0.25, 0.3) is 0 Å². The van der Waals surface area contributed by atoms with Crippen LogP contribution in [0, 0.1) is 23.2 Å². The fraction of sp³-hybridized carbons (Fsp3) is 0.812. The number of nitrogens with zero attached hydrogens (tertiary/aromatic N) is 1. The molecule has 4 unspecified atom stereocenters. The van der Waals surface area contributed by atoms with E-state index in [4.69, 9.17) is 14.2 Å². The SMILES string of the molecule is CCc1ccc(OC)c(OC)c1C1(CCOC)CCN(CC2CC2)C(C)C1CC(C)[C@](C)(O)C(C)(C)C. The van der Waals surface area contributed by atoms with Gasteiger partial charge in [-0.25, -0.2) is 0 Å². The second-order valence-corrected chi connectivity index (χ2v) is 13.2. The molecule has 5 heteroatoms. The van der Waals surface area contributed by atoms with Gasteiger partial charge < -0.3 is 24.2 Å². The van der Waals surface area contributed by atoms with Gasteiger partial charge in [-0.15, -0.1) is 0 Å². The fourth-order valence-corrected chi connectivity index (χ4v) is 6.95. The Kier molecular flexibility index (Phi) is 9.68. The van der Waals surface area contributed by atoms with Gasteiger partial charge >= 0.3 is 0 Å². The van der Waals surface area contributed by atoms with E-state index in [-0.39, 0.29) is 16.7 Å². The first-order valence-electron chi connectivity index (χ1n) is 14.6. The minimum atomic E-state index is -0.787. The minimum absolute atomic E-state index is 0.129. The standard InChI is InChI=1S/C32H55NO4/c1-11-25-14-15-27(36-9)29(37-10)28(25)32(17-19-35-8)16-18-33(21-24-12-13-24)23(3)26(32)20-22(2)31(7,34)30(4,5)6/h14-15,22-24,26,34H,11-13,16-21H2,1-10H3/t22?,23?,26?,31-,32?/m0/s1. The second-order valence-electron chi connectivity index (χ2n) is 13.2. The van der Waals surface area contributed by atoms with Crippen molar-refractivity contribution in [1.29, 1.82) is 0 Å². The zero-order valence-electron chi connectivity index (χ0n) is 25.4. The summed E-state index contributed by atoms with van der Waals surface area (Å²) in [6.45, 7) is 18.4. The largest absolute Gasteiger partial charge is 0.493 e. The van der Waals surface area contributed by atoms with Crippen molar-refractivity contribution in [3.05, 3.63) is 23.3 Å². The van der Waals surface area contributed by atoms with Crippen LogP contribution in [-0.4, -0.2) is 62.7 Å². The molecule has 1 N–H and O–H groups in total. The molecule has 3 rings (SSSR count). The fourth-order valence-electron chi connectivity index (χ4n) is 6.95. The Bertz CT molecular complexity index is 888. The Morgan fingerprint density at radius 1 is 1.11 bits per heavy atom. The Morgan fingerprint density at radius 3 is 2.30 bits per heavy atom. The number of methoxy groups -OCH3 is 3. The van der Waals surface area contributed by atoms with E-state index in [0.717, 1.165) is 49.6 Å². The van der Waals surface area contributed by atoms with Gasteiger partial charge in [0, 0.05) is 37.3 Å². The molecule has 1 saturated heterocycles. The third kappa shape index (κ3) is 5.99. The highest BCUT2D eigenvalue weighted by molar-refractivity contribution is 5.55. The number of likely N-dealkylation sites (tertiary alicyclic amines) is 1. The van der Waals surface area contributed by atoms with E-state index >= 15 is 0 Å². The molecule has 5 atom stereocenters. The van der Waals surface area contributed by atoms with E-state index in [1.54, 1.807) is 14.2 Å². The van der Waals surface area contributed by atoms with Crippen molar-refractivity contribution in [1.82, 2.24) is 4.90 Å². The number of aryl methyl sites for hydroxylation is 1. The average Bonchev–Trinajstić information content (AvgIpc) is 3.68. The topological polar surface area (TPSA) is 51.2 Å². The summed E-state index contributed by atoms with van der Waals surface area (Å²) in [7, 11) is 5.32. The highest BCUT2D eigenvalue weighted by atomic mass is 16.5. The van der Waals surface area contributed by atoms with Crippen molar-refractivity contribution in [2.75, 3.05) is 41.0 Å². The quantitative estimate of drug-likeness (QED) is 0.344. The molecule has 0 radical (unpaired) electrons. The van der Waals surface area contributed by atoms with Gasteiger partial charge in [0.05, 0.1) is 19.8 Å². The van der Waals surface area contributed by atoms with E-state index in [9.17, 15) is 5.11 Å². The highest BCUT2D eigenvalue weighted by Crippen LogP contribution is 2.55. The molecule has 0 amide bonds. The van der Waals surface area contributed by atoms with Gasteiger partial charge in [0.25, 0.3) is 0 Å². The van der Waals surface area contributed by atoms with Gasteiger partial charge in [-0.2, -0.15) is 0 Å². The van der Waals surface area contributed by atoms with Gasteiger partial charge in [-0.05, 0) is 93.7 Å². The van der Waals surface area contributed by atoms with Crippen LogP contribution in [0.5, 0.6) is 11.5 Å². The minimum Gasteiger partial charge on any atom is -0.493 e. The summed E-state index contributed by atoms with van der Waals surface area (Å²) >= 11 is 0. The summed E-state index contributed by atoms with van der Waals surface area (Å²) in [5, 5.41) is 11.8. The molecule has 37 heavy (non-hydrogen) atoms. The number of ether oxygens (including phenoxy) is 3. The highest BCUT2D eigenvalue weighted by Gasteiger charge is 2.53. The van der Waals surface area contributed by atoms with Crippen LogP contribution in [0.3, 0.4) is 0 Å². The normalized spacial score (nSPS) is 27.5. The lowest BCUT2D eigenvalue weighted by Gasteiger charge is -2.55. The Morgan fingerprint density at radius 2 is 1.78 bits per heavy atom. The van der Waals surface area contributed by atoms with E-state index in [1.807, 2.05) is 14.0 Å². The molecule has 212 valence electrons. The monoisotopic (exact) mass is 517 g/mol. The number of piperidine rings is 1. The van der Waals surface area contributed by atoms with Crippen LogP contribution >= 0.6 is 0 Å². The number of benzene rings is 1. The maximum absolute atomic E-state index is 11.8. The number of aliphatic hydroxyl groups is 1. The maximum atomic E-state index is 11.8. The molecule has 1 aromatic carbocycles. The van der Waals surface area contributed by atoms with E-state index in [1.165, 1.54) is 30.5 Å². The molecule has 2 fully saturated rings. The van der Waals surface area contributed by atoms with E-state index < -0.39 is 5.60 Å². The third-order valence-electron chi connectivity index (χ3n) is 10.3. The summed E-state index contributed by atoms with van der Waals surface area (Å²) in [6, 6.07) is 4.68. The molecule has 1 aliphatic carbocycles. The average molecular weight is 518 g/mol. The van der Waals surface area contributed by atoms with Crippen molar-refractivity contribution in [2.24, 2.45) is 23.2 Å². The van der Waals surface area contributed by atoms with Crippen LogP contribution in [-0.2, 0) is 16.6 Å². The first-order chi connectivity index (χ1) is 17.4. The molecular weight excluding hydrogens is 462 g/mol. The van der Waals surface area contributed by atoms with Crippen molar-refractivity contribution >= 4 is 0 Å². The lowest BCUT2D eigenvalue weighted by Crippen LogP contribution is -2.58. The van der Waals surface area contributed by atoms with Crippen molar-refractivity contribution < 1.29 is 19.3 Å². The Hall–Kier alpha value is -1.30. The van der Waals surface area contributed by atoms with Gasteiger partial charge in [-0.3, -0.25) is 0 Å². The Labute approximate surface area is 227 Å². The molecule has 0 bridgehead atoms. The summed E-state index contributed by atoms with van der Waals surface area (Å²) in [5.41, 5.74) is 1.50. The number of rotatable bonds is 12. The summed E-state index contributed by atoms with van der Waals surface area (Å²) < 4.78 is 17.8. The first-order valence-corrected chi connectivity index (χ1v) is 14.6. The van der Waals surface area contributed by atoms with Crippen molar-refractivity contribution in [3.8, 4) is 11.5 Å². The molecule has 0 spiro atoms. The Balaban J connectivity index is 2.20. The first kappa shape index (κ1) is 30.2. The van der Waals surface area contributed by atoms with Crippen LogP contribution < -0.4 is 9.47 Å². The van der Waals surface area contributed by atoms with Crippen LogP contribution in [0.4, 0.5) is 0 Å². The molecule has 1 aliphatic heterocycles. The molecule has 1 aromatic rings. The van der Waals surface area contributed by atoms with Crippen LogP contribution in [0.2, 0.25) is 0 Å². The molecule has 1 heterocycles. The summed E-state index contributed by atoms with van der Waals surface area (Å²) in [4.78, 5) is 2.74. The van der Waals surface area contributed by atoms with Gasteiger partial charge in [0.15, 0.2) is 11.5 Å². The maximum Gasteiger partial charge on any atom is 0.164 e. The molecule has 1 saturated carbocycles. The number of hydrogen-bond donors (Lipinski definition) is 1. The van der Waals surface area contributed by atoms with Gasteiger partial charge in [0.1, 0.15) is 0 Å². The lowest BCUT2D eigenvalue weighted by atomic mass is 9.56. The zero-order valence-corrected chi connectivity index (χ0v) is 25.4. The second kappa shape index (κ2) is 11.8. The van der Waals surface area contributed by atoms with Crippen molar-refractivity contribution in [3.63, 3.8) is 0 Å². The third-order valence-corrected chi connectivity index (χ3v) is 10.3. The zero-order chi connectivity index (χ0) is 27.6. The van der Waals surface area contributed by atoms with Gasteiger partial charge in [0.2, 0.25) is 0 Å². The molecule has 5 nitrogen and oxygen atoms in total. The van der Waals surface area contributed by atoms with Crippen molar-refractivity contribution in [2.45, 2.75) is 104 Å². The lowest BCUT2D eigenvalue weighted by molar-refractivity contribution is -0.102. The van der Waals surface area contributed by atoms with Crippen LogP contribution in [0.15, 0.2) is 12.1 Å². The molecular formula is C32H55NO4. The molecule has 2 aliphatic rings. The van der Waals surface area contributed by atoms with E-state index in [0.29, 0.717) is 18.6 Å². The predicted molar refractivity (Wildman–Crippen MR) is 153 cm³/mol. The predicted octanol–water partition coefficient (Wildman–Crippen LogP) is 6.48. The van der Waals surface area contributed by atoms with Gasteiger partial charge in [-0.1, -0.05) is 40.7 Å². The smallest absolute Gasteiger partial charge is 0.164 e. The van der Waals surface area contributed by atoms with Crippen LogP contribution in [0.1, 0.15) is 91.7 Å². The summed E-state index contributed by atoms with van der Waals surface area (Å²) in [5.74, 6) is 2.99. The summed E-state index contributed by atoms with van der Waals surface area (Å²) in [6.07, 6.45) is 6.59. The number of hydrogen-bond acceptors (Lipinski definition) is 5. The molecule has 0 aromatic heterocycles.